The Balaban J connectivity index is 1.63. The summed E-state index contributed by atoms with van der Waals surface area (Å²) >= 11 is 5.88. The summed E-state index contributed by atoms with van der Waals surface area (Å²) in [5.74, 6) is 0. The second-order valence-electron chi connectivity index (χ2n) is 5.76. The summed E-state index contributed by atoms with van der Waals surface area (Å²) in [7, 11) is 0. The summed E-state index contributed by atoms with van der Waals surface area (Å²) in [6.07, 6.45) is 1.48. The number of halogens is 1. The van der Waals surface area contributed by atoms with Crippen molar-refractivity contribution >= 4 is 23.3 Å². The normalized spacial score (nSPS) is 22.3. The Morgan fingerprint density at radius 3 is 2.77 bits per heavy atom. The van der Waals surface area contributed by atoms with Gasteiger partial charge in [-0.1, -0.05) is 17.7 Å². The van der Waals surface area contributed by atoms with Crippen molar-refractivity contribution in [2.75, 3.05) is 31.5 Å². The monoisotopic (exact) mass is 325 g/mol. The minimum absolute atomic E-state index is 0.203. The Morgan fingerprint density at radius 1 is 1.36 bits per heavy atom. The van der Waals surface area contributed by atoms with Crippen LogP contribution < -0.4 is 10.6 Å². The van der Waals surface area contributed by atoms with Crippen molar-refractivity contribution in [3.8, 4) is 0 Å². The van der Waals surface area contributed by atoms with Crippen LogP contribution in [0.15, 0.2) is 24.3 Å². The van der Waals surface area contributed by atoms with Crippen molar-refractivity contribution in [2.24, 2.45) is 0 Å². The number of nitrogens with zero attached hydrogens (tertiary/aromatic N) is 1. The maximum absolute atomic E-state index is 11.8. The smallest absolute Gasteiger partial charge is 0.319 e. The molecule has 0 spiro atoms. The van der Waals surface area contributed by atoms with E-state index in [0.29, 0.717) is 17.3 Å². The molecule has 2 unspecified atom stereocenters. The van der Waals surface area contributed by atoms with Gasteiger partial charge in [-0.3, -0.25) is 4.90 Å². The van der Waals surface area contributed by atoms with Gasteiger partial charge >= 0.3 is 6.03 Å². The number of hydrogen-bond acceptors (Lipinski definition) is 3. The van der Waals surface area contributed by atoms with E-state index in [4.69, 9.17) is 16.3 Å². The first-order valence-electron chi connectivity index (χ1n) is 7.71. The molecule has 2 N–H and O–H groups in total. The highest BCUT2D eigenvalue weighted by Gasteiger charge is 2.21. The van der Waals surface area contributed by atoms with Crippen molar-refractivity contribution < 1.29 is 9.53 Å². The molecule has 0 aliphatic carbocycles. The van der Waals surface area contributed by atoms with Crippen molar-refractivity contribution in [2.45, 2.75) is 32.5 Å². The van der Waals surface area contributed by atoms with Crippen LogP contribution in [0.1, 0.15) is 20.3 Å². The quantitative estimate of drug-likeness (QED) is 0.818. The van der Waals surface area contributed by atoms with E-state index in [1.165, 1.54) is 0 Å². The molecule has 1 aromatic carbocycles. The first-order valence-corrected chi connectivity index (χ1v) is 8.09. The van der Waals surface area contributed by atoms with Crippen LogP contribution in [-0.2, 0) is 4.74 Å². The van der Waals surface area contributed by atoms with E-state index < -0.39 is 0 Å². The van der Waals surface area contributed by atoms with Gasteiger partial charge in [0.1, 0.15) is 0 Å². The van der Waals surface area contributed by atoms with Crippen LogP contribution in [0.5, 0.6) is 0 Å². The molecular weight excluding hydrogens is 302 g/mol. The largest absolute Gasteiger partial charge is 0.373 e. The molecule has 1 aliphatic heterocycles. The number of morpholine rings is 1. The van der Waals surface area contributed by atoms with Gasteiger partial charge in [-0.05, 0) is 38.5 Å². The first-order chi connectivity index (χ1) is 10.5. The minimum atomic E-state index is -0.203. The Kier molecular flexibility index (Phi) is 6.49. The predicted octanol–water partition coefficient (Wildman–Crippen LogP) is 2.96. The van der Waals surface area contributed by atoms with Gasteiger partial charge in [-0.2, -0.15) is 0 Å². The molecule has 22 heavy (non-hydrogen) atoms. The summed E-state index contributed by atoms with van der Waals surface area (Å²) in [6.45, 7) is 7.72. The van der Waals surface area contributed by atoms with Crippen molar-refractivity contribution in [3.05, 3.63) is 29.3 Å². The third-order valence-electron chi connectivity index (χ3n) is 3.51. The molecule has 0 bridgehead atoms. The molecule has 2 atom stereocenters. The molecule has 1 aliphatic rings. The molecule has 2 amide bonds. The lowest BCUT2D eigenvalue weighted by Gasteiger charge is -2.35. The lowest BCUT2D eigenvalue weighted by atomic mass is 10.2. The van der Waals surface area contributed by atoms with E-state index in [9.17, 15) is 4.79 Å². The van der Waals surface area contributed by atoms with Gasteiger partial charge in [0.05, 0.1) is 12.2 Å². The SMILES string of the molecule is CC1CN(CCCNC(=O)Nc2cccc(Cl)c2)CC(C)O1. The predicted molar refractivity (Wildman–Crippen MR) is 89.5 cm³/mol. The highest BCUT2D eigenvalue weighted by atomic mass is 35.5. The fourth-order valence-electron chi connectivity index (χ4n) is 2.71. The fourth-order valence-corrected chi connectivity index (χ4v) is 2.90. The second kappa shape index (κ2) is 8.36. The zero-order valence-corrected chi connectivity index (χ0v) is 13.9. The summed E-state index contributed by atoms with van der Waals surface area (Å²) in [6, 6.07) is 6.90. The van der Waals surface area contributed by atoms with Crippen LogP contribution in [0, 0.1) is 0 Å². The number of anilines is 1. The fraction of sp³-hybridized carbons (Fsp3) is 0.562. The Hall–Kier alpha value is -1.30. The summed E-state index contributed by atoms with van der Waals surface area (Å²) in [4.78, 5) is 14.2. The molecule has 0 saturated carbocycles. The molecular formula is C16H24ClN3O2. The van der Waals surface area contributed by atoms with E-state index in [2.05, 4.69) is 29.4 Å². The second-order valence-corrected chi connectivity index (χ2v) is 6.20. The molecule has 1 saturated heterocycles. The van der Waals surface area contributed by atoms with Crippen LogP contribution in [0.2, 0.25) is 5.02 Å². The topological polar surface area (TPSA) is 53.6 Å². The van der Waals surface area contributed by atoms with Crippen LogP contribution in [-0.4, -0.2) is 49.3 Å². The average molecular weight is 326 g/mol. The number of nitrogens with one attached hydrogen (secondary N) is 2. The lowest BCUT2D eigenvalue weighted by molar-refractivity contribution is -0.0679. The zero-order valence-electron chi connectivity index (χ0n) is 13.1. The van der Waals surface area contributed by atoms with Gasteiger partial charge < -0.3 is 15.4 Å². The third kappa shape index (κ3) is 5.83. The molecule has 1 fully saturated rings. The molecule has 0 radical (unpaired) electrons. The highest BCUT2D eigenvalue weighted by Crippen LogP contribution is 2.14. The zero-order chi connectivity index (χ0) is 15.9. The van der Waals surface area contributed by atoms with E-state index in [1.54, 1.807) is 18.2 Å². The summed E-state index contributed by atoms with van der Waals surface area (Å²) in [5, 5.41) is 6.23. The number of rotatable bonds is 5. The lowest BCUT2D eigenvalue weighted by Crippen LogP contribution is -2.46. The van der Waals surface area contributed by atoms with Crippen LogP contribution in [0.4, 0.5) is 10.5 Å². The Morgan fingerprint density at radius 2 is 2.09 bits per heavy atom. The van der Waals surface area contributed by atoms with Crippen LogP contribution in [0.3, 0.4) is 0 Å². The molecule has 5 nitrogen and oxygen atoms in total. The highest BCUT2D eigenvalue weighted by molar-refractivity contribution is 6.30. The van der Waals surface area contributed by atoms with Gasteiger partial charge in [0.15, 0.2) is 0 Å². The van der Waals surface area contributed by atoms with Crippen LogP contribution in [0.25, 0.3) is 0 Å². The number of carbonyl (C=O) groups is 1. The van der Waals surface area contributed by atoms with E-state index in [1.807, 2.05) is 6.07 Å². The standard InChI is InChI=1S/C16H24ClN3O2/c1-12-10-20(11-13(2)22-12)8-4-7-18-16(21)19-15-6-3-5-14(17)9-15/h3,5-6,9,12-13H,4,7-8,10-11H2,1-2H3,(H2,18,19,21). The Labute approximate surface area is 137 Å². The molecule has 122 valence electrons. The summed E-state index contributed by atoms with van der Waals surface area (Å²) in [5.41, 5.74) is 0.695. The van der Waals surface area contributed by atoms with Crippen molar-refractivity contribution in [3.63, 3.8) is 0 Å². The van der Waals surface area contributed by atoms with Gasteiger partial charge in [-0.25, -0.2) is 4.79 Å². The first kappa shape index (κ1) is 17.1. The number of ether oxygens (including phenoxy) is 1. The van der Waals surface area contributed by atoms with Crippen molar-refractivity contribution in [1.29, 1.82) is 0 Å². The average Bonchev–Trinajstić information content (AvgIpc) is 2.42. The summed E-state index contributed by atoms with van der Waals surface area (Å²) < 4.78 is 5.70. The third-order valence-corrected chi connectivity index (χ3v) is 3.75. The van der Waals surface area contributed by atoms with Crippen LogP contribution >= 0.6 is 11.6 Å². The number of benzene rings is 1. The van der Waals surface area contributed by atoms with Gasteiger partial charge in [0.2, 0.25) is 0 Å². The minimum Gasteiger partial charge on any atom is -0.373 e. The number of amides is 2. The van der Waals surface area contributed by atoms with Gasteiger partial charge in [0.25, 0.3) is 0 Å². The van der Waals surface area contributed by atoms with Gasteiger partial charge in [0, 0.05) is 36.9 Å². The molecule has 1 aromatic rings. The molecule has 2 rings (SSSR count). The number of urea groups is 1. The van der Waals surface area contributed by atoms with Gasteiger partial charge in [-0.15, -0.1) is 0 Å². The molecule has 6 heteroatoms. The van der Waals surface area contributed by atoms with E-state index in [-0.39, 0.29) is 18.2 Å². The number of carbonyl (C=O) groups excluding carboxylic acids is 1. The van der Waals surface area contributed by atoms with E-state index >= 15 is 0 Å². The maximum atomic E-state index is 11.8. The maximum Gasteiger partial charge on any atom is 0.319 e. The Bertz CT molecular complexity index is 488. The van der Waals surface area contributed by atoms with Crippen molar-refractivity contribution in [1.82, 2.24) is 10.2 Å². The molecule has 1 heterocycles. The van der Waals surface area contributed by atoms with E-state index in [0.717, 1.165) is 26.1 Å². The molecule has 0 aromatic heterocycles. The number of hydrogen-bond donors (Lipinski definition) is 2.